The zero-order chi connectivity index (χ0) is 6.62. The maximum absolute atomic E-state index is 12.5. The maximum atomic E-state index is 12.5. The third kappa shape index (κ3) is 5.71. The van der Waals surface area contributed by atoms with Crippen LogP contribution in [0.5, 0.6) is 0 Å². The minimum absolute atomic E-state index is 0.764. The molecule has 0 unspecified atom stereocenters. The lowest BCUT2D eigenvalue weighted by atomic mass is 10.5. The van der Waals surface area contributed by atoms with E-state index in [0.717, 1.165) is 6.42 Å². The van der Waals surface area contributed by atoms with E-state index in [9.17, 15) is 4.11 Å². The summed E-state index contributed by atoms with van der Waals surface area (Å²) in [4.78, 5) is 0. The summed E-state index contributed by atoms with van der Waals surface area (Å²) >= 11 is 0. The predicted molar refractivity (Wildman–Crippen MR) is 36.7 cm³/mol. The van der Waals surface area contributed by atoms with Crippen LogP contribution in [0.2, 0.25) is 13.1 Å². The Bertz CT molecular complexity index is 113. The van der Waals surface area contributed by atoms with Crippen LogP contribution in [-0.2, 0) is 0 Å². The Kier molecular flexibility index (Phi) is 2.78. The predicted octanol–water partition coefficient (Wildman–Crippen LogP) is 2.11. The minimum Gasteiger partial charge on any atom is -0.298 e. The minimum atomic E-state index is -2.54. The molecule has 0 saturated carbocycles. The molecule has 0 spiro atoms. The molecule has 46 valence electrons. The Hall–Kier alpha value is -0.293. The molecule has 8 heavy (non-hydrogen) atoms. The van der Waals surface area contributed by atoms with Gasteiger partial charge in [0.2, 0.25) is 0 Å². The average molecular weight is 130 g/mol. The largest absolute Gasteiger partial charge is 0.316 e. The van der Waals surface area contributed by atoms with Gasteiger partial charge < -0.3 is 0 Å². The molecule has 0 rings (SSSR count). The third-order valence-electron chi connectivity index (χ3n) is 0.562. The first kappa shape index (κ1) is 7.71. The molecule has 0 aliphatic heterocycles. The van der Waals surface area contributed by atoms with Crippen molar-refractivity contribution in [3.8, 4) is 11.5 Å². The summed E-state index contributed by atoms with van der Waals surface area (Å²) in [6.45, 7) is 5.11. The number of hydrogen-bond donors (Lipinski definition) is 0. The highest BCUT2D eigenvalue weighted by molar-refractivity contribution is 6.78. The van der Waals surface area contributed by atoms with Crippen LogP contribution in [0.3, 0.4) is 0 Å². The molecule has 0 radical (unpaired) electrons. The Morgan fingerprint density at radius 3 is 2.12 bits per heavy atom. The molecule has 0 N–H and O–H groups in total. The SMILES string of the molecule is CCC#C[Si](C)(C)F. The smallest absolute Gasteiger partial charge is 0.298 e. The van der Waals surface area contributed by atoms with Gasteiger partial charge in [0.15, 0.2) is 0 Å². The van der Waals surface area contributed by atoms with Crippen molar-refractivity contribution in [2.24, 2.45) is 0 Å². The maximum Gasteiger partial charge on any atom is 0.316 e. The van der Waals surface area contributed by atoms with Crippen LogP contribution in [0.25, 0.3) is 0 Å². The Morgan fingerprint density at radius 1 is 1.50 bits per heavy atom. The zero-order valence-corrected chi connectivity index (χ0v) is 6.59. The summed E-state index contributed by atoms with van der Waals surface area (Å²) in [6.07, 6.45) is 0.764. The highest BCUT2D eigenvalue weighted by Crippen LogP contribution is 1.98. The second-order valence-electron chi connectivity index (χ2n) is 2.13. The summed E-state index contributed by atoms with van der Waals surface area (Å²) in [5.41, 5.74) is 2.59. The quantitative estimate of drug-likeness (QED) is 0.268. The van der Waals surface area contributed by atoms with E-state index in [4.69, 9.17) is 0 Å². The summed E-state index contributed by atoms with van der Waals surface area (Å²) in [7, 11) is -2.54. The molecule has 0 fully saturated rings. The summed E-state index contributed by atoms with van der Waals surface area (Å²) < 4.78 is 12.5. The average Bonchev–Trinajstić information content (AvgIpc) is 1.59. The lowest BCUT2D eigenvalue weighted by molar-refractivity contribution is 0.824. The fourth-order valence-corrected chi connectivity index (χ4v) is 0.896. The standard InChI is InChI=1S/C6H11FSi/c1-4-5-6-8(2,3)7/h4H2,1-3H3. The van der Waals surface area contributed by atoms with Gasteiger partial charge in [-0.25, -0.2) is 0 Å². The van der Waals surface area contributed by atoms with E-state index in [-0.39, 0.29) is 0 Å². The van der Waals surface area contributed by atoms with Gasteiger partial charge in [-0.05, 0) is 13.1 Å². The second kappa shape index (κ2) is 2.88. The van der Waals surface area contributed by atoms with E-state index in [1.807, 2.05) is 6.92 Å². The molecule has 0 aliphatic carbocycles. The van der Waals surface area contributed by atoms with E-state index in [0.29, 0.717) is 0 Å². The van der Waals surface area contributed by atoms with Gasteiger partial charge in [0.05, 0.1) is 0 Å². The van der Waals surface area contributed by atoms with Crippen LogP contribution >= 0.6 is 0 Å². The van der Waals surface area contributed by atoms with Crippen LogP contribution < -0.4 is 0 Å². The molecule has 0 bridgehead atoms. The monoisotopic (exact) mass is 130 g/mol. The molecule has 0 heterocycles. The Morgan fingerprint density at radius 2 is 2.00 bits per heavy atom. The van der Waals surface area contributed by atoms with Crippen molar-refractivity contribution in [1.29, 1.82) is 0 Å². The lowest BCUT2D eigenvalue weighted by Gasteiger charge is -1.96. The molecular formula is C6H11FSi. The molecule has 2 heteroatoms. The van der Waals surface area contributed by atoms with Gasteiger partial charge in [0.25, 0.3) is 0 Å². The van der Waals surface area contributed by atoms with E-state index in [1.54, 1.807) is 13.1 Å². The molecular weight excluding hydrogens is 119 g/mol. The first-order valence-corrected chi connectivity index (χ1v) is 5.63. The van der Waals surface area contributed by atoms with Crippen LogP contribution in [0.4, 0.5) is 4.11 Å². The van der Waals surface area contributed by atoms with Gasteiger partial charge in [-0.15, -0.1) is 5.92 Å². The number of halogens is 1. The van der Waals surface area contributed by atoms with Crippen molar-refractivity contribution >= 4 is 8.41 Å². The van der Waals surface area contributed by atoms with Crippen LogP contribution in [-0.4, -0.2) is 8.41 Å². The van der Waals surface area contributed by atoms with Crippen molar-refractivity contribution in [3.05, 3.63) is 0 Å². The highest BCUT2D eigenvalue weighted by atomic mass is 28.4. The molecule has 0 amide bonds. The van der Waals surface area contributed by atoms with Gasteiger partial charge in [0.1, 0.15) is 0 Å². The van der Waals surface area contributed by atoms with Crippen molar-refractivity contribution in [2.45, 2.75) is 26.4 Å². The molecule has 0 aromatic rings. The Balaban J connectivity index is 3.69. The van der Waals surface area contributed by atoms with Crippen molar-refractivity contribution in [1.82, 2.24) is 0 Å². The van der Waals surface area contributed by atoms with Gasteiger partial charge in [-0.2, -0.15) is 0 Å². The zero-order valence-electron chi connectivity index (χ0n) is 5.59. The van der Waals surface area contributed by atoms with Crippen molar-refractivity contribution < 1.29 is 4.11 Å². The van der Waals surface area contributed by atoms with Crippen LogP contribution in [0.15, 0.2) is 0 Å². The number of rotatable bonds is 0. The van der Waals surface area contributed by atoms with Gasteiger partial charge in [-0.3, -0.25) is 4.11 Å². The second-order valence-corrected chi connectivity index (χ2v) is 5.32. The first-order chi connectivity index (χ1) is 3.56. The fourth-order valence-electron chi connectivity index (χ4n) is 0.299. The molecule has 0 aromatic carbocycles. The van der Waals surface area contributed by atoms with E-state index >= 15 is 0 Å². The van der Waals surface area contributed by atoms with E-state index in [1.165, 1.54) is 0 Å². The van der Waals surface area contributed by atoms with E-state index in [2.05, 4.69) is 11.5 Å². The third-order valence-corrected chi connectivity index (χ3v) is 1.33. The molecule has 0 aromatic heterocycles. The normalized spacial score (nSPS) is 10.0. The molecule has 0 saturated heterocycles. The molecule has 0 atom stereocenters. The van der Waals surface area contributed by atoms with Gasteiger partial charge in [-0.1, -0.05) is 12.5 Å². The van der Waals surface area contributed by atoms with Gasteiger partial charge >= 0.3 is 8.41 Å². The summed E-state index contributed by atoms with van der Waals surface area (Å²) in [5.74, 6) is 2.72. The lowest BCUT2D eigenvalue weighted by Crippen LogP contribution is -2.14. The molecule has 0 aliphatic rings. The van der Waals surface area contributed by atoms with Crippen molar-refractivity contribution in [3.63, 3.8) is 0 Å². The van der Waals surface area contributed by atoms with Crippen LogP contribution in [0, 0.1) is 11.5 Å². The summed E-state index contributed by atoms with van der Waals surface area (Å²) in [5, 5.41) is 0. The summed E-state index contributed by atoms with van der Waals surface area (Å²) in [6, 6.07) is 0. The van der Waals surface area contributed by atoms with Gasteiger partial charge in [0, 0.05) is 6.42 Å². The van der Waals surface area contributed by atoms with Crippen molar-refractivity contribution in [2.75, 3.05) is 0 Å². The fraction of sp³-hybridized carbons (Fsp3) is 0.667. The number of hydrogen-bond acceptors (Lipinski definition) is 0. The first-order valence-electron chi connectivity index (χ1n) is 2.75. The highest BCUT2D eigenvalue weighted by Gasteiger charge is 2.14. The van der Waals surface area contributed by atoms with E-state index < -0.39 is 8.41 Å². The van der Waals surface area contributed by atoms with Crippen LogP contribution in [0.1, 0.15) is 13.3 Å². The molecule has 0 nitrogen and oxygen atoms in total. The topological polar surface area (TPSA) is 0 Å². The Labute approximate surface area is 51.3 Å².